The Labute approximate surface area is 254 Å². The van der Waals surface area contributed by atoms with E-state index in [0.29, 0.717) is 16.7 Å². The van der Waals surface area contributed by atoms with Gasteiger partial charge < -0.3 is 25.6 Å². The molecule has 13 heteroatoms. The highest BCUT2D eigenvalue weighted by Gasteiger charge is 2.58. The lowest BCUT2D eigenvalue weighted by Crippen LogP contribution is -2.52. The molecule has 9 nitrogen and oxygen atoms in total. The summed E-state index contributed by atoms with van der Waals surface area (Å²) in [6.45, 7) is 0.0263. The SMILES string of the molecule is CC[C@]1(C(N)=O)COc2c1cc([C@@](O)(CNC(=O)c1cc(OC3CC3)c3ncccc3c1)C(F)(F)F)nc2-c1ccc(F)cc1. The zero-order chi connectivity index (χ0) is 32.1. The number of nitrogens with zero attached hydrogens (tertiary/aromatic N) is 2. The zero-order valence-corrected chi connectivity index (χ0v) is 24.0. The number of halogens is 4. The molecule has 2 aromatic carbocycles. The smallest absolute Gasteiger partial charge is 0.424 e. The highest BCUT2D eigenvalue weighted by Crippen LogP contribution is 2.49. The van der Waals surface area contributed by atoms with Gasteiger partial charge >= 0.3 is 6.18 Å². The Morgan fingerprint density at radius 3 is 2.53 bits per heavy atom. The Morgan fingerprint density at radius 1 is 1.16 bits per heavy atom. The molecule has 0 radical (unpaired) electrons. The average Bonchev–Trinajstić information content (AvgIpc) is 3.75. The number of pyridine rings is 2. The number of aliphatic hydroxyl groups is 1. The van der Waals surface area contributed by atoms with Crippen LogP contribution in [0.25, 0.3) is 22.2 Å². The number of primary amides is 1. The van der Waals surface area contributed by atoms with E-state index in [1.54, 1.807) is 25.3 Å². The van der Waals surface area contributed by atoms with E-state index >= 15 is 0 Å². The molecule has 3 heterocycles. The van der Waals surface area contributed by atoms with E-state index in [4.69, 9.17) is 15.2 Å². The molecule has 6 rings (SSSR count). The van der Waals surface area contributed by atoms with Crippen LogP contribution in [0.2, 0.25) is 0 Å². The fourth-order valence-corrected chi connectivity index (χ4v) is 5.39. The minimum atomic E-state index is -5.35. The first-order chi connectivity index (χ1) is 21.4. The maximum Gasteiger partial charge on any atom is 0.424 e. The highest BCUT2D eigenvalue weighted by molar-refractivity contribution is 6.00. The van der Waals surface area contributed by atoms with Gasteiger partial charge in [-0.3, -0.25) is 14.6 Å². The molecule has 0 saturated heterocycles. The Balaban J connectivity index is 1.41. The molecule has 2 aliphatic rings. The molecule has 1 fully saturated rings. The number of aromatic nitrogens is 2. The Bertz CT molecular complexity index is 1810. The lowest BCUT2D eigenvalue weighted by Gasteiger charge is -2.32. The topological polar surface area (TPSA) is 137 Å². The van der Waals surface area contributed by atoms with Crippen molar-refractivity contribution >= 4 is 22.7 Å². The van der Waals surface area contributed by atoms with Crippen molar-refractivity contribution in [3.05, 3.63) is 83.4 Å². The van der Waals surface area contributed by atoms with E-state index in [1.165, 1.54) is 24.3 Å². The molecule has 234 valence electrons. The monoisotopic (exact) mass is 624 g/mol. The Morgan fingerprint density at radius 2 is 1.89 bits per heavy atom. The summed E-state index contributed by atoms with van der Waals surface area (Å²) in [6.07, 6.45) is -2.09. The molecular formula is C32H28F4N4O5. The summed E-state index contributed by atoms with van der Waals surface area (Å²) in [7, 11) is 0. The minimum Gasteiger partial charge on any atom is -0.489 e. The number of carbonyl (C=O) groups excluding carboxylic acids is 2. The van der Waals surface area contributed by atoms with Crippen LogP contribution in [0, 0.1) is 5.82 Å². The molecule has 45 heavy (non-hydrogen) atoms. The number of nitrogens with two attached hydrogens (primary N) is 1. The van der Waals surface area contributed by atoms with Crippen LogP contribution >= 0.6 is 0 Å². The van der Waals surface area contributed by atoms with Crippen molar-refractivity contribution < 1.29 is 41.7 Å². The summed E-state index contributed by atoms with van der Waals surface area (Å²) in [5, 5.41) is 14.1. The van der Waals surface area contributed by atoms with E-state index < -0.39 is 47.1 Å². The third-order valence-corrected chi connectivity index (χ3v) is 8.29. The predicted octanol–water partition coefficient (Wildman–Crippen LogP) is 4.68. The van der Waals surface area contributed by atoms with Gasteiger partial charge in [-0.2, -0.15) is 13.2 Å². The number of benzene rings is 2. The van der Waals surface area contributed by atoms with Crippen molar-refractivity contribution in [2.45, 2.75) is 49.5 Å². The zero-order valence-electron chi connectivity index (χ0n) is 24.0. The van der Waals surface area contributed by atoms with E-state index in [0.717, 1.165) is 31.0 Å². The largest absolute Gasteiger partial charge is 0.489 e. The van der Waals surface area contributed by atoms with Crippen molar-refractivity contribution in [3.8, 4) is 22.8 Å². The van der Waals surface area contributed by atoms with Crippen molar-refractivity contribution in [1.29, 1.82) is 0 Å². The lowest BCUT2D eigenvalue weighted by atomic mass is 9.78. The Kier molecular flexibility index (Phi) is 7.39. The molecule has 2 amide bonds. The summed E-state index contributed by atoms with van der Waals surface area (Å²) in [5.41, 5.74) is 0.0812. The maximum atomic E-state index is 14.8. The predicted molar refractivity (Wildman–Crippen MR) is 154 cm³/mol. The van der Waals surface area contributed by atoms with Crippen LogP contribution in [-0.2, 0) is 15.8 Å². The van der Waals surface area contributed by atoms with Gasteiger partial charge in [-0.25, -0.2) is 9.37 Å². The molecule has 2 atom stereocenters. The number of alkyl halides is 3. The van der Waals surface area contributed by atoms with Gasteiger partial charge in [0.25, 0.3) is 5.91 Å². The standard InChI is InChI=1S/C32H28F4N4O5/c1-2-30(29(37)42)16-44-27-22(30)14-24(40-26(27)17-5-7-20(33)8-6-17)31(43,32(34,35)36)15-39-28(41)19-12-18-4-3-11-38-25(18)23(13-19)45-21-9-10-21/h3-8,11-14,21,43H,2,9-10,15-16H2,1H3,(H2,37,42)(H,39,41)/t30-,31-/m0/s1. The highest BCUT2D eigenvalue weighted by atomic mass is 19.4. The molecule has 1 aliphatic heterocycles. The third kappa shape index (κ3) is 5.30. The molecule has 4 aromatic rings. The minimum absolute atomic E-state index is 0.000257. The van der Waals surface area contributed by atoms with Gasteiger partial charge in [-0.15, -0.1) is 0 Å². The normalized spacial score (nSPS) is 19.0. The molecular weight excluding hydrogens is 596 g/mol. The third-order valence-electron chi connectivity index (χ3n) is 8.29. The van der Waals surface area contributed by atoms with Gasteiger partial charge in [0, 0.05) is 28.3 Å². The van der Waals surface area contributed by atoms with Crippen molar-refractivity contribution in [2.75, 3.05) is 13.2 Å². The molecule has 0 spiro atoms. The molecule has 4 N–H and O–H groups in total. The number of amides is 2. The fraction of sp³-hybridized carbons (Fsp3) is 0.312. The molecule has 2 aromatic heterocycles. The van der Waals surface area contributed by atoms with Gasteiger partial charge in [-0.1, -0.05) is 13.0 Å². The van der Waals surface area contributed by atoms with Crippen molar-refractivity contribution in [2.24, 2.45) is 5.73 Å². The first kappa shape index (κ1) is 30.3. The fourth-order valence-electron chi connectivity index (χ4n) is 5.39. The van der Waals surface area contributed by atoms with Gasteiger partial charge in [-0.05, 0) is 67.8 Å². The molecule has 0 unspecified atom stereocenters. The summed E-state index contributed by atoms with van der Waals surface area (Å²) in [6, 6.07) is 11.9. The molecule has 0 bridgehead atoms. The van der Waals surface area contributed by atoms with Crippen LogP contribution in [-0.4, -0.2) is 52.3 Å². The Hall–Kier alpha value is -4.78. The van der Waals surface area contributed by atoms with Crippen LogP contribution < -0.4 is 20.5 Å². The van der Waals surface area contributed by atoms with Crippen LogP contribution in [0.1, 0.15) is 47.8 Å². The molecule has 1 saturated carbocycles. The van der Waals surface area contributed by atoms with Crippen molar-refractivity contribution in [1.82, 2.24) is 15.3 Å². The van der Waals surface area contributed by atoms with E-state index in [2.05, 4.69) is 15.3 Å². The number of nitrogens with one attached hydrogen (secondary N) is 1. The van der Waals surface area contributed by atoms with Crippen LogP contribution in [0.5, 0.6) is 11.5 Å². The van der Waals surface area contributed by atoms with Gasteiger partial charge in [0.05, 0.1) is 18.3 Å². The number of hydrogen-bond acceptors (Lipinski definition) is 7. The van der Waals surface area contributed by atoms with Crippen LogP contribution in [0.3, 0.4) is 0 Å². The van der Waals surface area contributed by atoms with Crippen molar-refractivity contribution in [3.63, 3.8) is 0 Å². The second kappa shape index (κ2) is 11.0. The second-order valence-electron chi connectivity index (χ2n) is 11.2. The number of fused-ring (bicyclic) bond motifs is 2. The first-order valence-electron chi connectivity index (χ1n) is 14.2. The number of ether oxygens (including phenoxy) is 2. The number of hydrogen-bond donors (Lipinski definition) is 3. The van der Waals surface area contributed by atoms with E-state index in [9.17, 15) is 32.3 Å². The number of rotatable bonds is 9. The van der Waals surface area contributed by atoms with Gasteiger partial charge in [0.15, 0.2) is 0 Å². The van der Waals surface area contributed by atoms with E-state index in [-0.39, 0.29) is 47.3 Å². The quantitative estimate of drug-likeness (QED) is 0.230. The summed E-state index contributed by atoms with van der Waals surface area (Å²) >= 11 is 0. The van der Waals surface area contributed by atoms with Crippen LogP contribution in [0.4, 0.5) is 17.6 Å². The van der Waals surface area contributed by atoms with Gasteiger partial charge in [0.1, 0.15) is 40.5 Å². The summed E-state index contributed by atoms with van der Waals surface area (Å²) in [5.74, 6) is -2.04. The van der Waals surface area contributed by atoms with Gasteiger partial charge in [0.2, 0.25) is 11.5 Å². The lowest BCUT2D eigenvalue weighted by molar-refractivity contribution is -0.265. The van der Waals surface area contributed by atoms with E-state index in [1.807, 2.05) is 0 Å². The van der Waals surface area contributed by atoms with Crippen LogP contribution in [0.15, 0.2) is 60.8 Å². The molecule has 1 aliphatic carbocycles. The second-order valence-corrected chi connectivity index (χ2v) is 11.2. The summed E-state index contributed by atoms with van der Waals surface area (Å²) in [4.78, 5) is 34.4. The summed E-state index contributed by atoms with van der Waals surface area (Å²) < 4.78 is 69.8. The average molecular weight is 625 g/mol. The first-order valence-corrected chi connectivity index (χ1v) is 14.2. The number of carbonyl (C=O) groups is 2. The maximum absolute atomic E-state index is 14.8.